The van der Waals surface area contributed by atoms with Crippen molar-refractivity contribution in [3.63, 3.8) is 0 Å². The van der Waals surface area contributed by atoms with E-state index in [1.165, 1.54) is 12.1 Å². The molecule has 1 fully saturated rings. The Balaban J connectivity index is 2.04. The number of para-hydroxylation sites is 1. The number of anilines is 1. The van der Waals surface area contributed by atoms with Gasteiger partial charge < -0.3 is 9.64 Å². The number of rotatable bonds is 2. The molecule has 0 aliphatic carbocycles. The van der Waals surface area contributed by atoms with Gasteiger partial charge in [-0.05, 0) is 24.3 Å². The highest BCUT2D eigenvalue weighted by atomic mass is 35.5. The van der Waals surface area contributed by atoms with Gasteiger partial charge in [0, 0.05) is 13.1 Å². The molecule has 10 heteroatoms. The van der Waals surface area contributed by atoms with Crippen molar-refractivity contribution < 1.29 is 17.9 Å². The number of morpholine rings is 1. The average molecular weight is 411 g/mol. The predicted octanol–water partition coefficient (Wildman–Crippen LogP) is 3.29. The van der Waals surface area contributed by atoms with Gasteiger partial charge in [0.2, 0.25) is 0 Å². The molecule has 0 spiro atoms. The van der Waals surface area contributed by atoms with E-state index >= 15 is 0 Å². The second kappa shape index (κ2) is 7.06. The summed E-state index contributed by atoms with van der Waals surface area (Å²) in [5.74, 6) is 0.285. The third kappa shape index (κ3) is 3.31. The number of ether oxygens (including phenoxy) is 1. The van der Waals surface area contributed by atoms with Crippen LogP contribution < -0.4 is 10.6 Å². The molecule has 0 bridgehead atoms. The number of aromatic nitrogens is 3. The monoisotopic (exact) mass is 410 g/mol. The van der Waals surface area contributed by atoms with Crippen LogP contribution in [0.3, 0.4) is 0 Å². The minimum Gasteiger partial charge on any atom is -0.378 e. The summed E-state index contributed by atoms with van der Waals surface area (Å²) in [7, 11) is 0. The average Bonchev–Trinajstić information content (AvgIpc) is 2.68. The number of nitrogens with zero attached hydrogens (tertiary/aromatic N) is 4. The molecule has 0 N–H and O–H groups in total. The quantitative estimate of drug-likeness (QED) is 0.649. The second-order valence-corrected chi connectivity index (χ2v) is 6.58. The number of fused-ring (bicyclic) bond motifs is 1. The van der Waals surface area contributed by atoms with E-state index in [-0.39, 0.29) is 22.2 Å². The van der Waals surface area contributed by atoms with E-state index in [9.17, 15) is 18.0 Å². The number of hydrogen-bond acceptors (Lipinski definition) is 5. The summed E-state index contributed by atoms with van der Waals surface area (Å²) in [6.45, 7) is 1.81. The highest BCUT2D eigenvalue weighted by Gasteiger charge is 2.33. The van der Waals surface area contributed by atoms with Crippen molar-refractivity contribution in [2.75, 3.05) is 31.2 Å². The number of halogens is 4. The molecule has 1 aliphatic heterocycles. The Hall–Kier alpha value is -2.65. The van der Waals surface area contributed by atoms with E-state index in [0.717, 1.165) is 10.6 Å². The van der Waals surface area contributed by atoms with Gasteiger partial charge in [0.15, 0.2) is 5.65 Å². The van der Waals surface area contributed by atoms with Gasteiger partial charge in [-0.15, -0.1) is 0 Å². The van der Waals surface area contributed by atoms with Gasteiger partial charge in [-0.3, -0.25) is 0 Å². The van der Waals surface area contributed by atoms with E-state index in [0.29, 0.717) is 31.7 Å². The second-order valence-electron chi connectivity index (χ2n) is 6.17. The summed E-state index contributed by atoms with van der Waals surface area (Å²) in [4.78, 5) is 22.5. The normalized spacial score (nSPS) is 15.2. The van der Waals surface area contributed by atoms with Gasteiger partial charge in [0.25, 0.3) is 0 Å². The standard InChI is InChI=1S/C18H14ClF3N4O2/c19-12-3-1-2-4-13(12)26-16-11(5-6-14(23-16)18(20,21)22)15(24-17(26)27)25-7-9-28-10-8-25/h1-6H,7-10H2. The zero-order chi connectivity index (χ0) is 19.9. The van der Waals surface area contributed by atoms with Crippen molar-refractivity contribution >= 4 is 28.5 Å². The lowest BCUT2D eigenvalue weighted by Crippen LogP contribution is -2.38. The highest BCUT2D eigenvalue weighted by molar-refractivity contribution is 6.32. The Morgan fingerprint density at radius 3 is 2.43 bits per heavy atom. The molecular weight excluding hydrogens is 397 g/mol. The van der Waals surface area contributed by atoms with E-state index in [1.807, 2.05) is 0 Å². The van der Waals surface area contributed by atoms with Crippen molar-refractivity contribution in [3.8, 4) is 5.69 Å². The summed E-state index contributed by atoms with van der Waals surface area (Å²) in [6, 6.07) is 8.52. The maximum absolute atomic E-state index is 13.3. The van der Waals surface area contributed by atoms with Crippen molar-refractivity contribution in [2.45, 2.75) is 6.18 Å². The minimum absolute atomic E-state index is 0.149. The molecular formula is C18H14ClF3N4O2. The molecule has 0 unspecified atom stereocenters. The Kier molecular flexibility index (Phi) is 4.72. The van der Waals surface area contributed by atoms with Crippen LogP contribution >= 0.6 is 11.6 Å². The first-order chi connectivity index (χ1) is 13.4. The topological polar surface area (TPSA) is 60.3 Å². The van der Waals surface area contributed by atoms with Gasteiger partial charge in [-0.25, -0.2) is 14.3 Å². The molecule has 1 saturated heterocycles. The molecule has 28 heavy (non-hydrogen) atoms. The fourth-order valence-corrected chi connectivity index (χ4v) is 3.33. The Bertz CT molecular complexity index is 1090. The molecule has 1 aromatic carbocycles. The van der Waals surface area contributed by atoms with Crippen LogP contribution in [0.25, 0.3) is 16.7 Å². The van der Waals surface area contributed by atoms with Crippen LogP contribution in [0, 0.1) is 0 Å². The first-order valence-electron chi connectivity index (χ1n) is 8.45. The summed E-state index contributed by atoms with van der Waals surface area (Å²) >= 11 is 6.18. The van der Waals surface area contributed by atoms with Crippen LogP contribution in [0.1, 0.15) is 5.69 Å². The zero-order valence-corrected chi connectivity index (χ0v) is 15.2. The van der Waals surface area contributed by atoms with Gasteiger partial charge in [-0.1, -0.05) is 23.7 Å². The van der Waals surface area contributed by atoms with Crippen LogP contribution in [0.15, 0.2) is 41.2 Å². The molecule has 146 valence electrons. The minimum atomic E-state index is -4.65. The molecule has 2 aromatic heterocycles. The Morgan fingerprint density at radius 1 is 1.04 bits per heavy atom. The molecule has 3 heterocycles. The van der Waals surface area contributed by atoms with E-state index < -0.39 is 17.6 Å². The number of alkyl halides is 3. The number of benzene rings is 1. The number of pyridine rings is 1. The smallest absolute Gasteiger partial charge is 0.378 e. The summed E-state index contributed by atoms with van der Waals surface area (Å²) in [5, 5.41) is 0.528. The maximum Gasteiger partial charge on any atom is 0.433 e. The van der Waals surface area contributed by atoms with Crippen molar-refractivity contribution in [1.29, 1.82) is 0 Å². The largest absolute Gasteiger partial charge is 0.433 e. The lowest BCUT2D eigenvalue weighted by Gasteiger charge is -2.29. The van der Waals surface area contributed by atoms with Crippen LogP contribution in [0.4, 0.5) is 19.0 Å². The summed E-state index contributed by atoms with van der Waals surface area (Å²) in [5.41, 5.74) is -1.79. The van der Waals surface area contributed by atoms with Crippen LogP contribution in [-0.2, 0) is 10.9 Å². The van der Waals surface area contributed by atoms with E-state index in [2.05, 4.69) is 9.97 Å². The van der Waals surface area contributed by atoms with Gasteiger partial charge in [0.05, 0.1) is 29.3 Å². The first kappa shape index (κ1) is 18.7. The molecule has 1 aliphatic rings. The van der Waals surface area contributed by atoms with Crippen LogP contribution in [-0.4, -0.2) is 40.8 Å². The zero-order valence-electron chi connectivity index (χ0n) is 14.4. The highest BCUT2D eigenvalue weighted by Crippen LogP contribution is 2.32. The molecule has 0 radical (unpaired) electrons. The summed E-state index contributed by atoms with van der Waals surface area (Å²) < 4.78 is 46.1. The third-order valence-electron chi connectivity index (χ3n) is 4.42. The van der Waals surface area contributed by atoms with Crippen LogP contribution in [0.5, 0.6) is 0 Å². The number of hydrogen-bond donors (Lipinski definition) is 0. The Labute approximate surface area is 162 Å². The lowest BCUT2D eigenvalue weighted by atomic mass is 10.2. The van der Waals surface area contributed by atoms with Crippen molar-refractivity contribution in [3.05, 3.63) is 57.6 Å². The van der Waals surface area contributed by atoms with Crippen molar-refractivity contribution in [1.82, 2.24) is 14.5 Å². The predicted molar refractivity (Wildman–Crippen MR) is 98.2 cm³/mol. The molecule has 6 nitrogen and oxygen atoms in total. The van der Waals surface area contributed by atoms with Gasteiger partial charge >= 0.3 is 11.9 Å². The fraction of sp³-hybridized carbons (Fsp3) is 0.278. The van der Waals surface area contributed by atoms with Gasteiger partial charge in [0.1, 0.15) is 11.5 Å². The molecule has 0 atom stereocenters. The van der Waals surface area contributed by atoms with E-state index in [1.54, 1.807) is 23.1 Å². The molecule has 0 amide bonds. The summed E-state index contributed by atoms with van der Waals surface area (Å²) in [6.07, 6.45) is -4.65. The SMILES string of the molecule is O=c1nc(N2CCOCC2)c2ccc(C(F)(F)F)nc2n1-c1ccccc1Cl. The fourth-order valence-electron chi connectivity index (χ4n) is 3.11. The molecule has 3 aromatic rings. The van der Waals surface area contributed by atoms with Gasteiger partial charge in [-0.2, -0.15) is 18.2 Å². The Morgan fingerprint density at radius 2 is 1.75 bits per heavy atom. The molecule has 0 saturated carbocycles. The van der Waals surface area contributed by atoms with Crippen molar-refractivity contribution in [2.24, 2.45) is 0 Å². The van der Waals surface area contributed by atoms with E-state index in [4.69, 9.17) is 16.3 Å². The third-order valence-corrected chi connectivity index (χ3v) is 4.73. The van der Waals surface area contributed by atoms with Crippen LogP contribution in [0.2, 0.25) is 5.02 Å². The molecule has 4 rings (SSSR count). The lowest BCUT2D eigenvalue weighted by molar-refractivity contribution is -0.141. The first-order valence-corrected chi connectivity index (χ1v) is 8.82. The maximum atomic E-state index is 13.3.